The van der Waals surface area contributed by atoms with Gasteiger partial charge in [-0.05, 0) is 52.4 Å². The lowest BCUT2D eigenvalue weighted by molar-refractivity contribution is 0.102. The van der Waals surface area contributed by atoms with Crippen LogP contribution >= 0.6 is 0 Å². The van der Waals surface area contributed by atoms with E-state index in [-0.39, 0.29) is 11.3 Å². The van der Waals surface area contributed by atoms with Crippen LogP contribution in [0, 0.1) is 0 Å². The molecule has 44 heavy (non-hydrogen) atoms. The molecule has 6 rings (SSSR count). The molecule has 0 aliphatic rings. The van der Waals surface area contributed by atoms with Crippen LogP contribution in [0.1, 0.15) is 47.8 Å². The lowest BCUT2D eigenvalue weighted by Crippen LogP contribution is -2.24. The SMILES string of the molecule is CC(C)(C)c1ccc(C(=O)Nc2cccc(Nc3nc(N(Cc4ccccc4)Cc4ccccc4)c4nc[nH]c4n3)c2)cc1. The quantitative estimate of drug-likeness (QED) is 0.161. The number of fused-ring (bicyclic) bond motifs is 1. The molecule has 0 bridgehead atoms. The second kappa shape index (κ2) is 12.4. The first-order chi connectivity index (χ1) is 21.3. The molecular formula is C36H35N7O. The van der Waals surface area contributed by atoms with Crippen molar-refractivity contribution in [2.45, 2.75) is 39.3 Å². The summed E-state index contributed by atoms with van der Waals surface area (Å²) in [6.45, 7) is 7.75. The highest BCUT2D eigenvalue weighted by molar-refractivity contribution is 6.04. The van der Waals surface area contributed by atoms with E-state index in [9.17, 15) is 4.79 Å². The number of imidazole rings is 1. The Hall–Kier alpha value is -5.50. The first-order valence-corrected chi connectivity index (χ1v) is 14.6. The fourth-order valence-corrected chi connectivity index (χ4v) is 5.04. The number of H-pyrrole nitrogens is 1. The number of hydrogen-bond donors (Lipinski definition) is 3. The zero-order chi connectivity index (χ0) is 30.5. The van der Waals surface area contributed by atoms with E-state index in [0.717, 1.165) is 22.6 Å². The Morgan fingerprint density at radius 3 is 2.05 bits per heavy atom. The van der Waals surface area contributed by atoms with Gasteiger partial charge in [0, 0.05) is 30.0 Å². The predicted octanol–water partition coefficient (Wildman–Crippen LogP) is 7.85. The highest BCUT2D eigenvalue weighted by Gasteiger charge is 2.19. The number of aromatic amines is 1. The molecule has 8 nitrogen and oxygen atoms in total. The zero-order valence-electron chi connectivity index (χ0n) is 25.1. The fourth-order valence-electron chi connectivity index (χ4n) is 5.04. The molecule has 0 saturated carbocycles. The Morgan fingerprint density at radius 1 is 0.773 bits per heavy atom. The molecule has 0 fully saturated rings. The molecule has 220 valence electrons. The van der Waals surface area contributed by atoms with Crippen molar-refractivity contribution in [1.29, 1.82) is 0 Å². The topological polar surface area (TPSA) is 98.8 Å². The van der Waals surface area contributed by atoms with E-state index in [1.807, 2.05) is 84.9 Å². The molecule has 0 unspecified atom stereocenters. The molecule has 2 aromatic heterocycles. The predicted molar refractivity (Wildman–Crippen MR) is 177 cm³/mol. The van der Waals surface area contributed by atoms with Crippen LogP contribution in [0.4, 0.5) is 23.1 Å². The Bertz CT molecular complexity index is 1820. The summed E-state index contributed by atoms with van der Waals surface area (Å²) in [6, 6.07) is 35.9. The van der Waals surface area contributed by atoms with Gasteiger partial charge in [0.05, 0.1) is 6.33 Å². The number of carbonyl (C=O) groups excluding carboxylic acids is 1. The third-order valence-corrected chi connectivity index (χ3v) is 7.38. The van der Waals surface area contributed by atoms with Crippen molar-refractivity contribution in [2.75, 3.05) is 15.5 Å². The summed E-state index contributed by atoms with van der Waals surface area (Å²) < 4.78 is 0. The first kappa shape index (κ1) is 28.6. The van der Waals surface area contributed by atoms with Gasteiger partial charge in [0.25, 0.3) is 5.91 Å². The van der Waals surface area contributed by atoms with Crippen molar-refractivity contribution in [1.82, 2.24) is 19.9 Å². The Balaban J connectivity index is 1.26. The summed E-state index contributed by atoms with van der Waals surface area (Å²) in [5.41, 5.74) is 6.87. The molecule has 0 radical (unpaired) electrons. The lowest BCUT2D eigenvalue weighted by atomic mass is 9.87. The van der Waals surface area contributed by atoms with E-state index in [4.69, 9.17) is 9.97 Å². The Labute approximate surface area is 257 Å². The summed E-state index contributed by atoms with van der Waals surface area (Å²) in [4.78, 5) is 32.6. The van der Waals surface area contributed by atoms with Crippen molar-refractivity contribution in [3.8, 4) is 0 Å². The Morgan fingerprint density at radius 2 is 1.41 bits per heavy atom. The van der Waals surface area contributed by atoms with Crippen molar-refractivity contribution in [3.63, 3.8) is 0 Å². The monoisotopic (exact) mass is 581 g/mol. The van der Waals surface area contributed by atoms with E-state index >= 15 is 0 Å². The molecule has 2 heterocycles. The number of nitrogens with one attached hydrogen (secondary N) is 3. The summed E-state index contributed by atoms with van der Waals surface area (Å²) in [5.74, 6) is 0.969. The largest absolute Gasteiger partial charge is 0.346 e. The fraction of sp³-hybridized carbons (Fsp3) is 0.167. The van der Waals surface area contributed by atoms with Crippen molar-refractivity contribution < 1.29 is 4.79 Å². The van der Waals surface area contributed by atoms with E-state index in [1.54, 1.807) is 6.33 Å². The summed E-state index contributed by atoms with van der Waals surface area (Å²) in [7, 11) is 0. The van der Waals surface area contributed by atoms with Gasteiger partial charge in [0.2, 0.25) is 5.95 Å². The van der Waals surface area contributed by atoms with Crippen LogP contribution in [-0.2, 0) is 18.5 Å². The molecule has 3 N–H and O–H groups in total. The minimum Gasteiger partial charge on any atom is -0.346 e. The van der Waals surface area contributed by atoms with Gasteiger partial charge in [-0.2, -0.15) is 9.97 Å². The molecule has 0 spiro atoms. The first-order valence-electron chi connectivity index (χ1n) is 14.6. The van der Waals surface area contributed by atoms with Gasteiger partial charge in [-0.3, -0.25) is 4.79 Å². The second-order valence-corrected chi connectivity index (χ2v) is 11.8. The summed E-state index contributed by atoms with van der Waals surface area (Å²) in [5, 5.41) is 6.35. The molecule has 0 atom stereocenters. The van der Waals surface area contributed by atoms with E-state index in [1.165, 1.54) is 5.56 Å². The van der Waals surface area contributed by atoms with Gasteiger partial charge < -0.3 is 20.5 Å². The standard InChI is InChI=1S/C36H35N7O/c1-36(2,3)28-19-17-27(18-20-28)34(44)39-29-15-10-16-30(21-29)40-35-41-32-31(37-24-38-32)33(42-35)43(22-25-11-6-4-7-12-25)23-26-13-8-5-9-14-26/h4-21,24H,22-23H2,1-3H3,(H,39,44)(H2,37,38,40,41,42). The van der Waals surface area contributed by atoms with Crippen molar-refractivity contribution >= 4 is 40.2 Å². The number of rotatable bonds is 9. The Kier molecular flexibility index (Phi) is 8.06. The maximum absolute atomic E-state index is 13.0. The molecule has 0 saturated heterocycles. The molecule has 0 aliphatic heterocycles. The van der Waals surface area contributed by atoms with Gasteiger partial charge in [0.15, 0.2) is 17.0 Å². The summed E-state index contributed by atoms with van der Waals surface area (Å²) in [6.07, 6.45) is 1.64. The lowest BCUT2D eigenvalue weighted by Gasteiger charge is -2.25. The highest BCUT2D eigenvalue weighted by atomic mass is 16.1. The number of hydrogen-bond acceptors (Lipinski definition) is 6. The number of amides is 1. The molecule has 1 amide bonds. The van der Waals surface area contributed by atoms with Crippen LogP contribution in [0.3, 0.4) is 0 Å². The minimum atomic E-state index is -0.169. The van der Waals surface area contributed by atoms with Crippen LogP contribution in [0.15, 0.2) is 116 Å². The minimum absolute atomic E-state index is 0.0241. The van der Waals surface area contributed by atoms with Crippen molar-refractivity contribution in [3.05, 3.63) is 138 Å². The van der Waals surface area contributed by atoms with E-state index in [0.29, 0.717) is 41.5 Å². The third kappa shape index (κ3) is 6.76. The maximum Gasteiger partial charge on any atom is 0.255 e. The van der Waals surface area contributed by atoms with Gasteiger partial charge in [-0.15, -0.1) is 0 Å². The second-order valence-electron chi connectivity index (χ2n) is 11.8. The molecular weight excluding hydrogens is 546 g/mol. The maximum atomic E-state index is 13.0. The molecule has 6 aromatic rings. The van der Waals surface area contributed by atoms with Gasteiger partial charge in [-0.25, -0.2) is 4.98 Å². The zero-order valence-corrected chi connectivity index (χ0v) is 25.1. The number of anilines is 4. The highest BCUT2D eigenvalue weighted by Crippen LogP contribution is 2.28. The number of carbonyl (C=O) groups is 1. The van der Waals surface area contributed by atoms with Crippen LogP contribution in [0.25, 0.3) is 11.2 Å². The number of nitrogens with zero attached hydrogens (tertiary/aromatic N) is 4. The molecule has 0 aliphatic carbocycles. The van der Waals surface area contributed by atoms with Gasteiger partial charge in [-0.1, -0.05) is 99.6 Å². The van der Waals surface area contributed by atoms with Gasteiger partial charge in [0.1, 0.15) is 0 Å². The van der Waals surface area contributed by atoms with Crippen LogP contribution in [0.5, 0.6) is 0 Å². The van der Waals surface area contributed by atoms with Crippen LogP contribution in [-0.4, -0.2) is 25.8 Å². The normalized spacial score (nSPS) is 11.3. The van der Waals surface area contributed by atoms with Crippen molar-refractivity contribution in [2.24, 2.45) is 0 Å². The van der Waals surface area contributed by atoms with E-state index < -0.39 is 0 Å². The third-order valence-electron chi connectivity index (χ3n) is 7.38. The van der Waals surface area contributed by atoms with E-state index in [2.05, 4.69) is 70.5 Å². The van der Waals surface area contributed by atoms with Crippen LogP contribution in [0.2, 0.25) is 0 Å². The smallest absolute Gasteiger partial charge is 0.255 e. The molecule has 8 heteroatoms. The average Bonchev–Trinajstić information content (AvgIpc) is 3.50. The summed E-state index contributed by atoms with van der Waals surface area (Å²) >= 11 is 0. The van der Waals surface area contributed by atoms with Gasteiger partial charge >= 0.3 is 0 Å². The number of benzene rings is 4. The average molecular weight is 582 g/mol. The number of aromatic nitrogens is 4. The van der Waals surface area contributed by atoms with Crippen LogP contribution < -0.4 is 15.5 Å². The molecule has 4 aromatic carbocycles.